The zero-order valence-electron chi connectivity index (χ0n) is 5.41. The minimum Gasteiger partial charge on any atom is -0.481 e. The van der Waals surface area contributed by atoms with Gasteiger partial charge in [-0.2, -0.15) is 0 Å². The minimum atomic E-state index is -0.959. The lowest BCUT2D eigenvalue weighted by Crippen LogP contribution is -2.27. The Morgan fingerprint density at radius 2 is 2.40 bits per heavy atom. The summed E-state index contributed by atoms with van der Waals surface area (Å²) in [5.41, 5.74) is 0. The molecule has 0 aliphatic carbocycles. The Morgan fingerprint density at radius 3 is 2.70 bits per heavy atom. The van der Waals surface area contributed by atoms with Gasteiger partial charge in [0.15, 0.2) is 0 Å². The van der Waals surface area contributed by atoms with E-state index in [1.54, 1.807) is 0 Å². The summed E-state index contributed by atoms with van der Waals surface area (Å²) >= 11 is 0. The highest BCUT2D eigenvalue weighted by Gasteiger charge is 2.06. The maximum absolute atomic E-state index is 10.0. The molecular weight excluding hydrogens is 134 g/mol. The molecule has 0 saturated heterocycles. The standard InChI is InChI=1S/C6H9NO3/c1-2-5(7-4-8)3-6(9)10/h2,4-5H,1,3H2,(H,7,8)(H,9,10). The molecule has 0 aromatic carbocycles. The second-order valence-corrected chi connectivity index (χ2v) is 1.72. The van der Waals surface area contributed by atoms with Crippen molar-refractivity contribution in [3.05, 3.63) is 12.7 Å². The smallest absolute Gasteiger partial charge is 0.305 e. The second kappa shape index (κ2) is 4.55. The third-order valence-electron chi connectivity index (χ3n) is 0.961. The van der Waals surface area contributed by atoms with Crippen LogP contribution >= 0.6 is 0 Å². The first-order valence-corrected chi connectivity index (χ1v) is 2.74. The first-order chi connectivity index (χ1) is 4.70. The molecule has 0 bridgehead atoms. The first-order valence-electron chi connectivity index (χ1n) is 2.74. The summed E-state index contributed by atoms with van der Waals surface area (Å²) in [6.07, 6.45) is 1.71. The fraction of sp³-hybridized carbons (Fsp3) is 0.333. The molecule has 0 aliphatic rings. The third kappa shape index (κ3) is 3.65. The lowest BCUT2D eigenvalue weighted by Gasteiger charge is -2.05. The molecule has 0 aromatic heterocycles. The summed E-state index contributed by atoms with van der Waals surface area (Å²) in [6, 6.07) is -0.463. The summed E-state index contributed by atoms with van der Waals surface area (Å²) in [4.78, 5) is 19.8. The Kier molecular flexibility index (Phi) is 3.95. The molecule has 2 N–H and O–H groups in total. The Hall–Kier alpha value is -1.32. The monoisotopic (exact) mass is 143 g/mol. The SMILES string of the molecule is C=CC(CC(=O)O)NC=O. The van der Waals surface area contributed by atoms with Gasteiger partial charge in [-0.05, 0) is 0 Å². The van der Waals surface area contributed by atoms with Gasteiger partial charge in [-0.3, -0.25) is 9.59 Å². The number of hydrogen-bond donors (Lipinski definition) is 2. The molecule has 0 heterocycles. The van der Waals surface area contributed by atoms with Crippen LogP contribution in [0.2, 0.25) is 0 Å². The van der Waals surface area contributed by atoms with Crippen LogP contribution in [0.5, 0.6) is 0 Å². The molecule has 0 aliphatic heterocycles. The predicted octanol–water partition coefficient (Wildman–Crippen LogP) is -0.238. The average molecular weight is 143 g/mol. The number of hydrogen-bond acceptors (Lipinski definition) is 2. The van der Waals surface area contributed by atoms with Crippen LogP contribution in [-0.4, -0.2) is 23.5 Å². The molecule has 4 heteroatoms. The number of carboxylic acids is 1. The average Bonchev–Trinajstić information content (AvgIpc) is 1.86. The summed E-state index contributed by atoms with van der Waals surface area (Å²) in [5.74, 6) is -0.959. The number of amides is 1. The van der Waals surface area contributed by atoms with Gasteiger partial charge in [-0.25, -0.2) is 0 Å². The van der Waals surface area contributed by atoms with Crippen molar-refractivity contribution in [3.8, 4) is 0 Å². The van der Waals surface area contributed by atoms with Gasteiger partial charge in [0.25, 0.3) is 0 Å². The lowest BCUT2D eigenvalue weighted by atomic mass is 10.2. The van der Waals surface area contributed by atoms with Crippen LogP contribution in [0.15, 0.2) is 12.7 Å². The Labute approximate surface area is 58.5 Å². The van der Waals surface area contributed by atoms with Crippen molar-refractivity contribution in [2.24, 2.45) is 0 Å². The molecule has 1 unspecified atom stereocenters. The lowest BCUT2D eigenvalue weighted by molar-refractivity contribution is -0.137. The van der Waals surface area contributed by atoms with Gasteiger partial charge < -0.3 is 10.4 Å². The van der Waals surface area contributed by atoms with E-state index in [0.717, 1.165) is 0 Å². The molecule has 56 valence electrons. The first kappa shape index (κ1) is 8.68. The van der Waals surface area contributed by atoms with Gasteiger partial charge in [0, 0.05) is 0 Å². The van der Waals surface area contributed by atoms with E-state index in [0.29, 0.717) is 6.41 Å². The maximum atomic E-state index is 10.0. The zero-order valence-corrected chi connectivity index (χ0v) is 5.41. The molecule has 0 saturated carbocycles. The fourth-order valence-corrected chi connectivity index (χ4v) is 0.486. The van der Waals surface area contributed by atoms with Gasteiger partial charge in [0.05, 0.1) is 12.5 Å². The normalized spacial score (nSPS) is 11.6. The van der Waals surface area contributed by atoms with Crippen LogP contribution in [0.1, 0.15) is 6.42 Å². The van der Waals surface area contributed by atoms with Crippen molar-refractivity contribution in [3.63, 3.8) is 0 Å². The van der Waals surface area contributed by atoms with E-state index in [4.69, 9.17) is 5.11 Å². The second-order valence-electron chi connectivity index (χ2n) is 1.72. The summed E-state index contributed by atoms with van der Waals surface area (Å²) in [5, 5.41) is 10.5. The van der Waals surface area contributed by atoms with E-state index < -0.39 is 12.0 Å². The van der Waals surface area contributed by atoms with Crippen molar-refractivity contribution in [2.75, 3.05) is 0 Å². The Bertz CT molecular complexity index is 144. The van der Waals surface area contributed by atoms with Crippen molar-refractivity contribution in [1.82, 2.24) is 5.32 Å². The van der Waals surface area contributed by atoms with Crippen molar-refractivity contribution in [2.45, 2.75) is 12.5 Å². The van der Waals surface area contributed by atoms with Crippen LogP contribution in [0.25, 0.3) is 0 Å². The third-order valence-corrected chi connectivity index (χ3v) is 0.961. The molecule has 1 amide bonds. The number of carbonyl (C=O) groups is 2. The van der Waals surface area contributed by atoms with Gasteiger partial charge in [0.2, 0.25) is 6.41 Å². The Morgan fingerprint density at radius 1 is 1.80 bits per heavy atom. The summed E-state index contributed by atoms with van der Waals surface area (Å²) in [7, 11) is 0. The van der Waals surface area contributed by atoms with E-state index in [2.05, 4.69) is 11.9 Å². The molecule has 0 spiro atoms. The van der Waals surface area contributed by atoms with Crippen molar-refractivity contribution < 1.29 is 14.7 Å². The van der Waals surface area contributed by atoms with E-state index in [-0.39, 0.29) is 6.42 Å². The zero-order chi connectivity index (χ0) is 7.98. The number of carbonyl (C=O) groups excluding carboxylic acids is 1. The fourth-order valence-electron chi connectivity index (χ4n) is 0.486. The van der Waals surface area contributed by atoms with Crippen LogP contribution in [0.4, 0.5) is 0 Å². The molecule has 0 fully saturated rings. The number of aliphatic carboxylic acids is 1. The highest BCUT2D eigenvalue weighted by Crippen LogP contribution is 1.90. The van der Waals surface area contributed by atoms with E-state index in [9.17, 15) is 9.59 Å². The van der Waals surface area contributed by atoms with Gasteiger partial charge in [0.1, 0.15) is 0 Å². The van der Waals surface area contributed by atoms with E-state index >= 15 is 0 Å². The highest BCUT2D eigenvalue weighted by molar-refractivity contribution is 5.68. The largest absolute Gasteiger partial charge is 0.481 e. The van der Waals surface area contributed by atoms with Gasteiger partial charge in [-0.1, -0.05) is 6.08 Å². The Balaban J connectivity index is 3.70. The molecule has 0 aromatic rings. The van der Waals surface area contributed by atoms with Crippen LogP contribution in [-0.2, 0) is 9.59 Å². The molecule has 0 rings (SSSR count). The maximum Gasteiger partial charge on any atom is 0.305 e. The molecule has 10 heavy (non-hydrogen) atoms. The molecule has 1 atom stereocenters. The summed E-state index contributed by atoms with van der Waals surface area (Å²) < 4.78 is 0. The van der Waals surface area contributed by atoms with Crippen LogP contribution in [0, 0.1) is 0 Å². The number of nitrogens with one attached hydrogen (secondary N) is 1. The molecular formula is C6H9NO3. The topological polar surface area (TPSA) is 66.4 Å². The van der Waals surface area contributed by atoms with E-state index in [1.165, 1.54) is 6.08 Å². The minimum absolute atomic E-state index is 0.123. The number of carboxylic acid groups (broad SMARTS) is 1. The highest BCUT2D eigenvalue weighted by atomic mass is 16.4. The van der Waals surface area contributed by atoms with Crippen molar-refractivity contribution in [1.29, 1.82) is 0 Å². The van der Waals surface area contributed by atoms with Gasteiger partial charge in [-0.15, -0.1) is 6.58 Å². The molecule has 4 nitrogen and oxygen atoms in total. The molecule has 0 radical (unpaired) electrons. The van der Waals surface area contributed by atoms with Crippen LogP contribution in [0.3, 0.4) is 0 Å². The van der Waals surface area contributed by atoms with Gasteiger partial charge >= 0.3 is 5.97 Å². The van der Waals surface area contributed by atoms with Crippen molar-refractivity contribution >= 4 is 12.4 Å². The quantitative estimate of drug-likeness (QED) is 0.412. The summed E-state index contributed by atoms with van der Waals surface area (Å²) in [6.45, 7) is 3.35. The predicted molar refractivity (Wildman–Crippen MR) is 35.4 cm³/mol. The number of rotatable bonds is 5. The van der Waals surface area contributed by atoms with E-state index in [1.807, 2.05) is 0 Å². The van der Waals surface area contributed by atoms with Crippen LogP contribution < -0.4 is 5.32 Å².